The summed E-state index contributed by atoms with van der Waals surface area (Å²) in [6.07, 6.45) is 5.71. The lowest BCUT2D eigenvalue weighted by Gasteiger charge is -2.17. The largest absolute Gasteiger partial charge is 0.457 e. The van der Waals surface area contributed by atoms with E-state index >= 15 is 0 Å². The molecule has 0 amide bonds. The van der Waals surface area contributed by atoms with E-state index in [0.717, 1.165) is 16.7 Å². The molecule has 1 aromatic rings. The number of benzene rings is 1. The van der Waals surface area contributed by atoms with Crippen LogP contribution in [0.2, 0.25) is 0 Å². The van der Waals surface area contributed by atoms with E-state index in [0.29, 0.717) is 11.9 Å². The Balaban J connectivity index is 2.33. The lowest BCUT2D eigenvalue weighted by atomic mass is 9.98. The molecule has 96 valence electrons. The van der Waals surface area contributed by atoms with Gasteiger partial charge in [-0.05, 0) is 35.8 Å². The molecule has 0 atom stereocenters. The third kappa shape index (κ3) is 3.07. The molecular weight excluding hydrogens is 240 g/mol. The number of hydrogen-bond acceptors (Lipinski definition) is 3. The first kappa shape index (κ1) is 13.0. The number of rotatable bonds is 3. The first-order chi connectivity index (χ1) is 9.22. The van der Waals surface area contributed by atoms with E-state index in [1.54, 1.807) is 6.08 Å². The van der Waals surface area contributed by atoms with Crippen molar-refractivity contribution in [1.29, 1.82) is 0 Å². The zero-order chi connectivity index (χ0) is 13.7. The van der Waals surface area contributed by atoms with Crippen LogP contribution in [-0.4, -0.2) is 18.9 Å². The summed E-state index contributed by atoms with van der Waals surface area (Å²) in [4.78, 5) is 22.3. The first-order valence-corrected chi connectivity index (χ1v) is 5.98. The summed E-state index contributed by atoms with van der Waals surface area (Å²) in [5, 5.41) is 0. The molecule has 3 nitrogen and oxygen atoms in total. The molecule has 0 N–H and O–H groups in total. The Morgan fingerprint density at radius 3 is 2.58 bits per heavy atom. The normalized spacial score (nSPS) is 17.9. The molecule has 0 spiro atoms. The van der Waals surface area contributed by atoms with Crippen molar-refractivity contribution in [1.82, 2.24) is 0 Å². The molecule has 0 fully saturated rings. The highest BCUT2D eigenvalue weighted by molar-refractivity contribution is 5.96. The number of aldehydes is 1. The predicted octanol–water partition coefficient (Wildman–Crippen LogP) is 2.70. The van der Waals surface area contributed by atoms with Gasteiger partial charge < -0.3 is 4.74 Å². The maximum absolute atomic E-state index is 11.7. The van der Waals surface area contributed by atoms with Crippen molar-refractivity contribution in [2.24, 2.45) is 0 Å². The minimum Gasteiger partial charge on any atom is -0.457 e. The van der Waals surface area contributed by atoms with E-state index in [1.165, 1.54) is 6.08 Å². The predicted molar refractivity (Wildman–Crippen MR) is 73.3 cm³/mol. The van der Waals surface area contributed by atoms with Crippen LogP contribution in [0.25, 0.3) is 6.08 Å². The van der Waals surface area contributed by atoms with Crippen LogP contribution in [0.3, 0.4) is 0 Å². The Bertz CT molecular complexity index is 577. The topological polar surface area (TPSA) is 43.4 Å². The molecule has 0 saturated carbocycles. The summed E-state index contributed by atoms with van der Waals surface area (Å²) in [7, 11) is 0. The SMILES string of the molecule is CC1=C(/C=C/c2ccccc2)C(=O)OC/C1=C\C=O. The number of carbonyl (C=O) groups is 2. The average Bonchev–Trinajstić information content (AvgIpc) is 2.43. The Morgan fingerprint density at radius 1 is 1.16 bits per heavy atom. The molecule has 0 aromatic heterocycles. The van der Waals surface area contributed by atoms with E-state index in [2.05, 4.69) is 0 Å². The second kappa shape index (κ2) is 5.96. The zero-order valence-electron chi connectivity index (χ0n) is 10.6. The monoisotopic (exact) mass is 254 g/mol. The third-order valence-electron chi connectivity index (χ3n) is 2.98. The van der Waals surface area contributed by atoms with Gasteiger partial charge in [-0.2, -0.15) is 0 Å². The second-order valence-electron chi connectivity index (χ2n) is 4.19. The smallest absolute Gasteiger partial charge is 0.338 e. The summed E-state index contributed by atoms with van der Waals surface area (Å²) >= 11 is 0. The second-order valence-corrected chi connectivity index (χ2v) is 4.19. The molecule has 0 radical (unpaired) electrons. The van der Waals surface area contributed by atoms with Crippen LogP contribution < -0.4 is 0 Å². The van der Waals surface area contributed by atoms with Crippen molar-refractivity contribution in [3.05, 3.63) is 64.8 Å². The highest BCUT2D eigenvalue weighted by Crippen LogP contribution is 2.23. The van der Waals surface area contributed by atoms with Gasteiger partial charge in [0.25, 0.3) is 0 Å². The van der Waals surface area contributed by atoms with Crippen molar-refractivity contribution in [2.45, 2.75) is 6.92 Å². The van der Waals surface area contributed by atoms with Crippen LogP contribution in [0.5, 0.6) is 0 Å². The van der Waals surface area contributed by atoms with Crippen LogP contribution in [0.15, 0.2) is 59.2 Å². The lowest BCUT2D eigenvalue weighted by molar-refractivity contribution is -0.138. The summed E-state index contributed by atoms with van der Waals surface area (Å²) in [6, 6.07) is 9.68. The maximum atomic E-state index is 11.7. The van der Waals surface area contributed by atoms with Gasteiger partial charge in [-0.1, -0.05) is 36.4 Å². The van der Waals surface area contributed by atoms with E-state index in [-0.39, 0.29) is 12.6 Å². The lowest BCUT2D eigenvalue weighted by Crippen LogP contribution is -2.18. The number of allylic oxidation sites excluding steroid dienone is 1. The first-order valence-electron chi connectivity index (χ1n) is 5.98. The summed E-state index contributed by atoms with van der Waals surface area (Å²) in [5.41, 5.74) is 3.02. The van der Waals surface area contributed by atoms with Gasteiger partial charge in [0.1, 0.15) is 12.9 Å². The van der Waals surface area contributed by atoms with E-state index in [9.17, 15) is 9.59 Å². The average molecular weight is 254 g/mol. The van der Waals surface area contributed by atoms with Gasteiger partial charge in [0.2, 0.25) is 0 Å². The molecule has 3 heteroatoms. The molecular formula is C16H14O3. The van der Waals surface area contributed by atoms with E-state index in [1.807, 2.05) is 43.3 Å². The van der Waals surface area contributed by atoms with E-state index in [4.69, 9.17) is 4.74 Å². The summed E-state index contributed by atoms with van der Waals surface area (Å²) < 4.78 is 5.04. The van der Waals surface area contributed by atoms with Crippen LogP contribution >= 0.6 is 0 Å². The van der Waals surface area contributed by atoms with Crippen molar-refractivity contribution in [3.8, 4) is 0 Å². The minimum atomic E-state index is -0.354. The highest BCUT2D eigenvalue weighted by Gasteiger charge is 2.20. The zero-order valence-corrected chi connectivity index (χ0v) is 10.6. The number of esters is 1. The molecule has 2 rings (SSSR count). The minimum absolute atomic E-state index is 0.159. The number of cyclic esters (lactones) is 1. The maximum Gasteiger partial charge on any atom is 0.338 e. The third-order valence-corrected chi connectivity index (χ3v) is 2.98. The summed E-state index contributed by atoms with van der Waals surface area (Å²) in [5.74, 6) is -0.354. The fraction of sp³-hybridized carbons (Fsp3) is 0.125. The molecule has 1 aromatic carbocycles. The fourth-order valence-corrected chi connectivity index (χ4v) is 1.85. The summed E-state index contributed by atoms with van der Waals surface area (Å²) in [6.45, 7) is 1.98. The Labute approximate surface area is 111 Å². The quantitative estimate of drug-likeness (QED) is 0.473. The van der Waals surface area contributed by atoms with Crippen LogP contribution in [-0.2, 0) is 14.3 Å². The van der Waals surface area contributed by atoms with Crippen molar-refractivity contribution >= 4 is 18.3 Å². The Kier molecular flexibility index (Phi) is 4.08. The van der Waals surface area contributed by atoms with Gasteiger partial charge >= 0.3 is 5.97 Å². The number of carbonyl (C=O) groups excluding carboxylic acids is 2. The van der Waals surface area contributed by atoms with Gasteiger partial charge in [0.05, 0.1) is 5.57 Å². The number of ether oxygens (including phenoxy) is 1. The van der Waals surface area contributed by atoms with Gasteiger partial charge in [0.15, 0.2) is 0 Å². The molecule has 1 aliphatic rings. The van der Waals surface area contributed by atoms with Crippen LogP contribution in [0, 0.1) is 0 Å². The van der Waals surface area contributed by atoms with Gasteiger partial charge in [-0.15, -0.1) is 0 Å². The molecule has 1 heterocycles. The van der Waals surface area contributed by atoms with E-state index < -0.39 is 0 Å². The van der Waals surface area contributed by atoms with Crippen molar-refractivity contribution in [3.63, 3.8) is 0 Å². The van der Waals surface area contributed by atoms with Crippen LogP contribution in [0.4, 0.5) is 0 Å². The standard InChI is InChI=1S/C16H14O3/c1-12-14(9-10-17)11-19-16(18)15(12)8-7-13-5-3-2-4-6-13/h2-10H,11H2,1H3/b8-7+,14-9+. The molecule has 0 aliphatic carbocycles. The highest BCUT2D eigenvalue weighted by atomic mass is 16.5. The molecule has 19 heavy (non-hydrogen) atoms. The molecule has 0 saturated heterocycles. The number of hydrogen-bond donors (Lipinski definition) is 0. The van der Waals surface area contributed by atoms with Crippen molar-refractivity contribution in [2.75, 3.05) is 6.61 Å². The Morgan fingerprint density at radius 2 is 1.89 bits per heavy atom. The van der Waals surface area contributed by atoms with Gasteiger partial charge in [-0.3, -0.25) is 4.79 Å². The molecule has 1 aliphatic heterocycles. The van der Waals surface area contributed by atoms with Gasteiger partial charge in [0, 0.05) is 0 Å². The van der Waals surface area contributed by atoms with Gasteiger partial charge in [-0.25, -0.2) is 4.79 Å². The Hall–Kier alpha value is -2.42. The fourth-order valence-electron chi connectivity index (χ4n) is 1.85. The van der Waals surface area contributed by atoms with Crippen LogP contribution in [0.1, 0.15) is 12.5 Å². The van der Waals surface area contributed by atoms with Crippen molar-refractivity contribution < 1.29 is 14.3 Å². The molecule has 0 bridgehead atoms. The molecule has 0 unspecified atom stereocenters.